The maximum Gasteiger partial charge on any atom is 0.343 e. The minimum absolute atomic E-state index is 0.0528. The van der Waals surface area contributed by atoms with Gasteiger partial charge in [0.25, 0.3) is 11.8 Å². The number of nitrogens with one attached hydrogen (secondary N) is 2. The molecule has 0 saturated carbocycles. The largest absolute Gasteiger partial charge is 0.462 e. The van der Waals surface area contributed by atoms with E-state index in [-0.39, 0.29) is 28.6 Å². The lowest BCUT2D eigenvalue weighted by Gasteiger charge is -2.34. The number of carbonyl (C=O) groups excluding carboxylic acids is 3. The maximum absolute atomic E-state index is 13.6. The first-order chi connectivity index (χ1) is 18.0. The third-order valence-electron chi connectivity index (χ3n) is 5.70. The number of amidine groups is 1. The molecule has 2 heterocycles. The van der Waals surface area contributed by atoms with Crippen LogP contribution in [-0.4, -0.2) is 30.2 Å². The van der Waals surface area contributed by atoms with Gasteiger partial charge in [0.15, 0.2) is 0 Å². The normalized spacial score (nSPS) is 17.8. The van der Waals surface area contributed by atoms with Crippen molar-refractivity contribution >= 4 is 51.7 Å². The van der Waals surface area contributed by atoms with E-state index in [1.54, 1.807) is 55.5 Å². The van der Waals surface area contributed by atoms with Crippen molar-refractivity contribution in [2.45, 2.75) is 6.92 Å². The summed E-state index contributed by atoms with van der Waals surface area (Å²) in [4.78, 5) is 41.9. The molecule has 2 N–H and O–H groups in total. The van der Waals surface area contributed by atoms with E-state index in [0.717, 1.165) is 11.8 Å². The minimum atomic E-state index is -0.656. The number of thioether (sulfide) groups is 1. The van der Waals surface area contributed by atoms with E-state index in [4.69, 9.17) is 10.1 Å². The molecule has 184 valence electrons. The Hall–Kier alpha value is -4.63. The lowest BCUT2D eigenvalue weighted by molar-refractivity contribution is -0.137. The Bertz CT molecular complexity index is 1450. The quantitative estimate of drug-likeness (QED) is 0.298. The van der Waals surface area contributed by atoms with Gasteiger partial charge in [-0.2, -0.15) is 0 Å². The number of ether oxygens (including phenoxy) is 1. The molecule has 1 saturated heterocycles. The van der Waals surface area contributed by atoms with Crippen LogP contribution in [-0.2, 0) is 19.1 Å². The first kappa shape index (κ1) is 24.1. The lowest BCUT2D eigenvalue weighted by Crippen LogP contribution is -2.38. The smallest absolute Gasteiger partial charge is 0.343 e. The second-order valence-electron chi connectivity index (χ2n) is 8.01. The molecule has 0 atom stereocenters. The molecule has 0 aliphatic carbocycles. The molecule has 0 unspecified atom stereocenters. The van der Waals surface area contributed by atoms with Crippen LogP contribution in [0.15, 0.2) is 107 Å². The Morgan fingerprint density at radius 3 is 2.05 bits per heavy atom. The van der Waals surface area contributed by atoms with Crippen molar-refractivity contribution in [2.24, 2.45) is 0 Å². The van der Waals surface area contributed by atoms with E-state index in [2.05, 4.69) is 5.43 Å². The number of hydrazine groups is 1. The average Bonchev–Trinajstić information content (AvgIpc) is 3.23. The van der Waals surface area contributed by atoms with Gasteiger partial charge in [-0.05, 0) is 36.8 Å². The molecule has 8 nitrogen and oxygen atoms in total. The highest BCUT2D eigenvalue weighted by atomic mass is 32.2. The standard InChI is InChI=1S/C28H22N4O4S/c1-2-36-28(35)21-23(18-12-6-3-7-13-18)37-27(31(24(21)29)19-14-8-4-9-15-19)22-25(33)30-32(26(22)34)20-16-10-5-11-17-20/h3-17,29H,2H2,1H3,(H,30,33)/b27-22-,29-24?. The van der Waals surface area contributed by atoms with Gasteiger partial charge in [-0.15, -0.1) is 0 Å². The number of carbonyl (C=O) groups is 3. The fraction of sp³-hybridized carbons (Fsp3) is 0.0714. The SMILES string of the molecule is CCOC(=O)C1=C(c2ccccc2)S/C(=C2/C(=O)NN(c3ccccc3)C2=O)N(c2ccccc2)C1=N. The Morgan fingerprint density at radius 2 is 1.46 bits per heavy atom. The van der Waals surface area contributed by atoms with Gasteiger partial charge in [-0.3, -0.25) is 25.3 Å². The number of hydrogen-bond donors (Lipinski definition) is 2. The zero-order valence-electron chi connectivity index (χ0n) is 19.8. The van der Waals surface area contributed by atoms with Crippen LogP contribution in [0, 0.1) is 5.41 Å². The van der Waals surface area contributed by atoms with Gasteiger partial charge < -0.3 is 4.74 Å². The number of hydrogen-bond acceptors (Lipinski definition) is 6. The van der Waals surface area contributed by atoms with Crippen molar-refractivity contribution in [3.63, 3.8) is 0 Å². The van der Waals surface area contributed by atoms with Crippen molar-refractivity contribution in [2.75, 3.05) is 16.5 Å². The van der Waals surface area contributed by atoms with Crippen molar-refractivity contribution in [3.8, 4) is 0 Å². The van der Waals surface area contributed by atoms with E-state index in [1.165, 1.54) is 9.91 Å². The second kappa shape index (κ2) is 10.2. The molecule has 2 aliphatic heterocycles. The number of benzene rings is 3. The highest BCUT2D eigenvalue weighted by molar-refractivity contribution is 8.12. The summed E-state index contributed by atoms with van der Waals surface area (Å²) in [6.45, 7) is 1.83. The fourth-order valence-electron chi connectivity index (χ4n) is 4.05. The predicted octanol–water partition coefficient (Wildman–Crippen LogP) is 4.48. The monoisotopic (exact) mass is 510 g/mol. The summed E-state index contributed by atoms with van der Waals surface area (Å²) in [6, 6.07) is 26.7. The van der Waals surface area contributed by atoms with Crippen molar-refractivity contribution in [1.82, 2.24) is 5.43 Å². The summed E-state index contributed by atoms with van der Waals surface area (Å²) < 4.78 is 5.32. The van der Waals surface area contributed by atoms with Gasteiger partial charge in [-0.1, -0.05) is 78.5 Å². The predicted molar refractivity (Wildman–Crippen MR) is 143 cm³/mol. The third-order valence-corrected chi connectivity index (χ3v) is 6.93. The van der Waals surface area contributed by atoms with Crippen LogP contribution >= 0.6 is 11.8 Å². The van der Waals surface area contributed by atoms with Gasteiger partial charge in [0.2, 0.25) is 0 Å². The summed E-state index contributed by atoms with van der Waals surface area (Å²) in [6.07, 6.45) is 0. The van der Waals surface area contributed by atoms with E-state index in [0.29, 0.717) is 21.8 Å². The maximum atomic E-state index is 13.6. The molecule has 1 fully saturated rings. The molecule has 37 heavy (non-hydrogen) atoms. The fourth-order valence-corrected chi connectivity index (χ4v) is 5.35. The second-order valence-corrected chi connectivity index (χ2v) is 9.01. The topological polar surface area (TPSA) is 103 Å². The number of esters is 1. The number of para-hydroxylation sites is 2. The van der Waals surface area contributed by atoms with Crippen molar-refractivity contribution in [1.29, 1.82) is 5.41 Å². The van der Waals surface area contributed by atoms with Gasteiger partial charge in [-0.25, -0.2) is 9.80 Å². The highest BCUT2D eigenvalue weighted by Gasteiger charge is 2.44. The Balaban J connectivity index is 1.74. The molecule has 3 aromatic rings. The molecular formula is C28H22N4O4S. The van der Waals surface area contributed by atoms with E-state index < -0.39 is 17.8 Å². The van der Waals surface area contributed by atoms with Crippen LogP contribution in [0.5, 0.6) is 0 Å². The molecule has 0 bridgehead atoms. The minimum Gasteiger partial charge on any atom is -0.462 e. The van der Waals surface area contributed by atoms with Gasteiger partial charge in [0.05, 0.1) is 12.3 Å². The van der Waals surface area contributed by atoms with Crippen LogP contribution in [0.25, 0.3) is 4.91 Å². The van der Waals surface area contributed by atoms with Gasteiger partial charge >= 0.3 is 5.97 Å². The van der Waals surface area contributed by atoms with Crippen molar-refractivity contribution in [3.05, 3.63) is 113 Å². The summed E-state index contributed by atoms with van der Waals surface area (Å²) in [5, 5.41) is 10.5. The summed E-state index contributed by atoms with van der Waals surface area (Å²) in [7, 11) is 0. The van der Waals surface area contributed by atoms with Gasteiger partial charge in [0, 0.05) is 10.6 Å². The number of amides is 2. The van der Waals surface area contributed by atoms with E-state index in [1.807, 2.05) is 42.5 Å². The molecule has 0 radical (unpaired) electrons. The molecule has 2 amide bonds. The van der Waals surface area contributed by atoms with Crippen LogP contribution in [0.4, 0.5) is 11.4 Å². The molecule has 0 aromatic heterocycles. The summed E-state index contributed by atoms with van der Waals surface area (Å²) in [5.41, 5.74) is 4.25. The van der Waals surface area contributed by atoms with Crippen LogP contribution in [0.2, 0.25) is 0 Å². The number of rotatable bonds is 5. The Labute approximate surface area is 217 Å². The first-order valence-corrected chi connectivity index (χ1v) is 12.4. The Kier molecular flexibility index (Phi) is 6.61. The molecule has 0 spiro atoms. The van der Waals surface area contributed by atoms with Crippen LogP contribution < -0.4 is 15.3 Å². The zero-order valence-corrected chi connectivity index (χ0v) is 20.6. The Morgan fingerprint density at radius 1 is 0.892 bits per heavy atom. The average molecular weight is 511 g/mol. The van der Waals surface area contributed by atoms with Crippen LogP contribution in [0.1, 0.15) is 12.5 Å². The van der Waals surface area contributed by atoms with Crippen LogP contribution in [0.3, 0.4) is 0 Å². The lowest BCUT2D eigenvalue weighted by atomic mass is 10.1. The molecular weight excluding hydrogens is 488 g/mol. The molecule has 9 heteroatoms. The van der Waals surface area contributed by atoms with Crippen molar-refractivity contribution < 1.29 is 19.1 Å². The summed E-state index contributed by atoms with van der Waals surface area (Å²) in [5.74, 6) is -2.00. The summed E-state index contributed by atoms with van der Waals surface area (Å²) >= 11 is 1.09. The van der Waals surface area contributed by atoms with E-state index >= 15 is 0 Å². The molecule has 2 aliphatic rings. The molecule has 3 aromatic carbocycles. The zero-order chi connectivity index (χ0) is 25.9. The molecule has 5 rings (SSSR count). The van der Waals surface area contributed by atoms with E-state index in [9.17, 15) is 14.4 Å². The third kappa shape index (κ3) is 4.41. The number of nitrogens with zero attached hydrogens (tertiary/aromatic N) is 2. The van der Waals surface area contributed by atoms with Gasteiger partial charge in [0.1, 0.15) is 22.0 Å². The highest BCUT2D eigenvalue weighted by Crippen LogP contribution is 2.47. The first-order valence-electron chi connectivity index (χ1n) is 11.5. The number of anilines is 2.